The van der Waals surface area contributed by atoms with E-state index in [4.69, 9.17) is 14.7 Å². The molecule has 0 saturated heterocycles. The van der Waals surface area contributed by atoms with Crippen LogP contribution in [0.5, 0.6) is 5.75 Å². The number of anilines is 2. The van der Waals surface area contributed by atoms with Gasteiger partial charge in [-0.2, -0.15) is 0 Å². The summed E-state index contributed by atoms with van der Waals surface area (Å²) in [6.45, 7) is 2.05. The van der Waals surface area contributed by atoms with Crippen molar-refractivity contribution >= 4 is 45.7 Å². The van der Waals surface area contributed by atoms with E-state index in [1.807, 2.05) is 60.7 Å². The van der Waals surface area contributed by atoms with Crippen LogP contribution in [0.1, 0.15) is 5.69 Å². The monoisotopic (exact) mass is 434 g/mol. The molecule has 7 heteroatoms. The van der Waals surface area contributed by atoms with E-state index < -0.39 is 0 Å². The molecule has 6 nitrogen and oxygen atoms in total. The van der Waals surface area contributed by atoms with E-state index in [0.29, 0.717) is 0 Å². The second kappa shape index (κ2) is 9.04. The summed E-state index contributed by atoms with van der Waals surface area (Å²) in [5, 5.41) is 4.56. The van der Waals surface area contributed by atoms with Crippen LogP contribution in [-0.4, -0.2) is 27.5 Å². The van der Waals surface area contributed by atoms with Crippen LogP contribution in [0, 0.1) is 6.92 Å². The van der Waals surface area contributed by atoms with E-state index in [2.05, 4.69) is 29.4 Å². The third kappa shape index (κ3) is 4.17. The number of rotatable bonds is 4. The largest absolute Gasteiger partial charge is 0.497 e. The predicted molar refractivity (Wildman–Crippen MR) is 129 cm³/mol. The van der Waals surface area contributed by atoms with E-state index in [9.17, 15) is 0 Å². The summed E-state index contributed by atoms with van der Waals surface area (Å²) in [4.78, 5) is 13.1. The Bertz CT molecular complexity index is 1320. The lowest BCUT2D eigenvalue weighted by Gasteiger charge is -2.12. The highest BCUT2D eigenvalue weighted by Crippen LogP contribution is 2.33. The Hall–Kier alpha value is -3.61. The van der Waals surface area contributed by atoms with Gasteiger partial charge in [-0.1, -0.05) is 30.3 Å². The van der Waals surface area contributed by atoms with E-state index in [1.54, 1.807) is 7.11 Å². The summed E-state index contributed by atoms with van der Waals surface area (Å²) in [7, 11) is 1.67. The van der Waals surface area contributed by atoms with Crippen LogP contribution in [-0.2, 0) is 0 Å². The number of aromatic nitrogens is 3. The summed E-state index contributed by atoms with van der Waals surface area (Å²) >= 11 is 0. The Morgan fingerprint density at radius 3 is 2.35 bits per heavy atom. The molecule has 2 heterocycles. The maximum Gasteiger partial charge on any atom is 0.160 e. The molecule has 4 N–H and O–H groups in total. The molecule has 31 heavy (non-hydrogen) atoms. The maximum absolute atomic E-state index is 5.26. The smallest absolute Gasteiger partial charge is 0.160 e. The molecule has 0 aliphatic rings. The highest BCUT2D eigenvalue weighted by Gasteiger charge is 2.14. The Kier molecular flexibility index (Phi) is 6.44. The van der Waals surface area contributed by atoms with Gasteiger partial charge in [0.05, 0.1) is 18.3 Å². The molecule has 2 aromatic heterocycles. The highest BCUT2D eigenvalue weighted by atomic mass is 35.5. The second-order valence-electron chi connectivity index (χ2n) is 6.99. The molecule has 5 rings (SSSR count). The number of H-pyrrole nitrogens is 1. The Balaban J connectivity index is 0.00000136. The first-order valence-electron chi connectivity index (χ1n) is 9.48. The molecule has 0 fully saturated rings. The molecule has 0 radical (unpaired) electrons. The van der Waals surface area contributed by atoms with Crippen molar-refractivity contribution in [2.45, 2.75) is 6.92 Å². The minimum atomic E-state index is 0. The number of pyridine rings is 1. The number of aryl methyl sites for hydroxylation is 1. The zero-order chi connectivity index (χ0) is 19.8. The van der Waals surface area contributed by atoms with Gasteiger partial charge in [0.25, 0.3) is 0 Å². The first kappa shape index (κ1) is 22.1. The molecule has 0 saturated carbocycles. The average molecular weight is 435 g/mol. The van der Waals surface area contributed by atoms with Gasteiger partial charge in [0.15, 0.2) is 5.82 Å². The van der Waals surface area contributed by atoms with Gasteiger partial charge in [-0.15, -0.1) is 12.4 Å². The van der Waals surface area contributed by atoms with Crippen molar-refractivity contribution in [3.63, 3.8) is 0 Å². The topological polar surface area (TPSA) is 94.3 Å². The number of halogens is 1. The quantitative estimate of drug-likeness (QED) is 0.394. The first-order valence-corrected chi connectivity index (χ1v) is 9.48. The molecule has 0 aliphatic carbocycles. The van der Waals surface area contributed by atoms with Gasteiger partial charge in [-0.05, 0) is 49.4 Å². The van der Waals surface area contributed by atoms with Crippen molar-refractivity contribution in [1.82, 2.24) is 15.0 Å². The number of hydrogen-bond acceptors (Lipinski definition) is 4. The summed E-state index contributed by atoms with van der Waals surface area (Å²) in [6, 6.07) is 24.1. The number of ether oxygens (including phenoxy) is 1. The number of imidazole rings is 1. The third-order valence-electron chi connectivity index (χ3n) is 4.96. The molecule has 0 unspecified atom stereocenters. The summed E-state index contributed by atoms with van der Waals surface area (Å²) in [5.41, 5.74) is 6.84. The van der Waals surface area contributed by atoms with Crippen LogP contribution >= 0.6 is 12.4 Å². The number of aromatic amines is 1. The molecular weight excluding hydrogens is 412 g/mol. The standard InChI is InChI=1S/C24H20N4O.ClH.H2O/c1-15-14-21(26-17-8-10-18(29-2)11-9-17)22-19(25-15)12-13-20-23(22)28-24(27-20)16-6-4-3-5-7-16;;/h3-14,25-26H,1-2H3;1H;1H2. The third-order valence-corrected chi connectivity index (χ3v) is 4.96. The Morgan fingerprint density at radius 1 is 0.903 bits per heavy atom. The minimum absolute atomic E-state index is 0. The van der Waals surface area contributed by atoms with Gasteiger partial charge in [-0.3, -0.25) is 0 Å². The van der Waals surface area contributed by atoms with Crippen molar-refractivity contribution in [3.05, 3.63) is 78.5 Å². The van der Waals surface area contributed by atoms with Gasteiger partial charge < -0.3 is 20.5 Å². The fourth-order valence-corrected chi connectivity index (χ4v) is 3.59. The highest BCUT2D eigenvalue weighted by molar-refractivity contribution is 6.10. The van der Waals surface area contributed by atoms with Crippen molar-refractivity contribution in [2.75, 3.05) is 12.4 Å². The number of fused-ring (bicyclic) bond motifs is 3. The van der Waals surface area contributed by atoms with Crippen LogP contribution in [0.3, 0.4) is 0 Å². The van der Waals surface area contributed by atoms with Crippen LogP contribution < -0.4 is 10.1 Å². The summed E-state index contributed by atoms with van der Waals surface area (Å²) in [6.07, 6.45) is 0. The number of methoxy groups -OCH3 is 1. The molecule has 3 aromatic carbocycles. The fraction of sp³-hybridized carbons (Fsp3) is 0.0833. The molecule has 158 valence electrons. The average Bonchev–Trinajstić information content (AvgIpc) is 3.19. The van der Waals surface area contributed by atoms with Crippen molar-refractivity contribution in [3.8, 4) is 17.1 Å². The van der Waals surface area contributed by atoms with Crippen LogP contribution in [0.2, 0.25) is 0 Å². The molecule has 5 aromatic rings. The molecular formula is C24H23ClN4O2. The Morgan fingerprint density at radius 2 is 1.65 bits per heavy atom. The van der Waals surface area contributed by atoms with Crippen molar-refractivity contribution < 1.29 is 10.2 Å². The van der Waals surface area contributed by atoms with Crippen molar-refractivity contribution in [1.29, 1.82) is 0 Å². The fourth-order valence-electron chi connectivity index (χ4n) is 3.59. The molecule has 0 atom stereocenters. The summed E-state index contributed by atoms with van der Waals surface area (Å²) in [5.74, 6) is 1.57. The first-order chi connectivity index (χ1) is 14.2. The van der Waals surface area contributed by atoms with Crippen LogP contribution in [0.25, 0.3) is 33.3 Å². The van der Waals surface area contributed by atoms with E-state index in [1.165, 1.54) is 0 Å². The van der Waals surface area contributed by atoms with E-state index >= 15 is 0 Å². The lowest BCUT2D eigenvalue weighted by atomic mass is 10.1. The zero-order valence-electron chi connectivity index (χ0n) is 17.1. The molecule has 0 spiro atoms. The zero-order valence-corrected chi connectivity index (χ0v) is 18.0. The van der Waals surface area contributed by atoms with E-state index in [0.717, 1.165) is 56.1 Å². The maximum atomic E-state index is 5.26. The Labute approximate surface area is 186 Å². The lowest BCUT2D eigenvalue weighted by molar-refractivity contribution is 0.415. The van der Waals surface area contributed by atoms with Gasteiger partial charge in [0.2, 0.25) is 0 Å². The van der Waals surface area contributed by atoms with Gasteiger partial charge in [0, 0.05) is 27.8 Å². The van der Waals surface area contributed by atoms with Gasteiger partial charge in [0.1, 0.15) is 11.3 Å². The summed E-state index contributed by atoms with van der Waals surface area (Å²) < 4.78 is 5.26. The normalized spacial score (nSPS) is 10.4. The van der Waals surface area contributed by atoms with Gasteiger partial charge >= 0.3 is 0 Å². The molecule has 0 aliphatic heterocycles. The second-order valence-corrected chi connectivity index (χ2v) is 6.99. The lowest BCUT2D eigenvalue weighted by Crippen LogP contribution is -1.95. The van der Waals surface area contributed by atoms with Crippen molar-refractivity contribution in [2.24, 2.45) is 0 Å². The molecule has 0 amide bonds. The number of hydrogen-bond donors (Lipinski definition) is 2. The van der Waals surface area contributed by atoms with Gasteiger partial charge in [-0.25, -0.2) is 9.97 Å². The number of nitrogens with zero attached hydrogens (tertiary/aromatic N) is 2. The number of benzene rings is 3. The predicted octanol–water partition coefficient (Wildman–Crippen LogP) is 5.44. The number of nitrogens with one attached hydrogen (secondary N) is 2. The van der Waals surface area contributed by atoms with Crippen LogP contribution in [0.15, 0.2) is 72.8 Å². The van der Waals surface area contributed by atoms with Crippen LogP contribution in [0.4, 0.5) is 11.4 Å². The minimum Gasteiger partial charge on any atom is -0.497 e. The SMILES string of the molecule is COc1ccc(Nc2cc(C)[nH]c3ccc4nc(-c5ccccc5)nc4c23)cc1.Cl.O. The molecule has 0 bridgehead atoms. The van der Waals surface area contributed by atoms with E-state index in [-0.39, 0.29) is 17.9 Å².